The molecular formula is C23H25FN2O4. The number of hydrogen-bond acceptors (Lipinski definition) is 4. The highest BCUT2D eigenvalue weighted by Gasteiger charge is 2.45. The molecule has 0 bridgehead atoms. The summed E-state index contributed by atoms with van der Waals surface area (Å²) in [5, 5.41) is 5.34. The lowest BCUT2D eigenvalue weighted by atomic mass is 9.79. The van der Waals surface area contributed by atoms with Crippen LogP contribution in [0.2, 0.25) is 0 Å². The van der Waals surface area contributed by atoms with Crippen LogP contribution in [0.5, 0.6) is 0 Å². The first-order chi connectivity index (χ1) is 14.3. The van der Waals surface area contributed by atoms with Crippen molar-refractivity contribution in [2.24, 2.45) is 0 Å². The number of carbonyl (C=O) groups is 3. The van der Waals surface area contributed by atoms with Crippen LogP contribution in [-0.2, 0) is 24.5 Å². The van der Waals surface area contributed by atoms with Gasteiger partial charge in [-0.3, -0.25) is 14.4 Å². The SMILES string of the molecule is CC(=O)Nc1ccc(NC(=O)[C@H](C)OC(=O)C2(c3ccc(F)cc3)CCCC2)cc1. The zero-order valence-corrected chi connectivity index (χ0v) is 17.0. The smallest absolute Gasteiger partial charge is 0.317 e. The normalized spacial score (nSPS) is 15.8. The van der Waals surface area contributed by atoms with Crippen molar-refractivity contribution in [3.63, 3.8) is 0 Å². The number of nitrogens with one attached hydrogen (secondary N) is 2. The summed E-state index contributed by atoms with van der Waals surface area (Å²) >= 11 is 0. The Morgan fingerprint density at radius 2 is 1.47 bits per heavy atom. The Hall–Kier alpha value is -3.22. The third kappa shape index (κ3) is 4.84. The summed E-state index contributed by atoms with van der Waals surface area (Å²) in [6.07, 6.45) is 1.96. The van der Waals surface area contributed by atoms with Gasteiger partial charge in [0.25, 0.3) is 5.91 Å². The van der Waals surface area contributed by atoms with Crippen LogP contribution < -0.4 is 10.6 Å². The topological polar surface area (TPSA) is 84.5 Å². The number of rotatable bonds is 6. The fourth-order valence-electron chi connectivity index (χ4n) is 3.77. The molecule has 0 aromatic heterocycles. The number of halogens is 1. The van der Waals surface area contributed by atoms with Gasteiger partial charge in [0.15, 0.2) is 6.10 Å². The van der Waals surface area contributed by atoms with Crippen LogP contribution in [0.4, 0.5) is 15.8 Å². The molecule has 1 saturated carbocycles. The van der Waals surface area contributed by atoms with Crippen LogP contribution >= 0.6 is 0 Å². The van der Waals surface area contributed by atoms with Gasteiger partial charge in [-0.15, -0.1) is 0 Å². The molecule has 0 heterocycles. The highest BCUT2D eigenvalue weighted by molar-refractivity contribution is 5.96. The first-order valence-electron chi connectivity index (χ1n) is 9.96. The van der Waals surface area contributed by atoms with Crippen LogP contribution in [0.1, 0.15) is 45.1 Å². The van der Waals surface area contributed by atoms with E-state index in [2.05, 4.69) is 10.6 Å². The lowest BCUT2D eigenvalue weighted by Crippen LogP contribution is -2.39. The second-order valence-electron chi connectivity index (χ2n) is 7.59. The van der Waals surface area contributed by atoms with Crippen molar-refractivity contribution in [1.29, 1.82) is 0 Å². The minimum Gasteiger partial charge on any atom is -0.452 e. The van der Waals surface area contributed by atoms with E-state index in [0.717, 1.165) is 12.8 Å². The molecule has 7 heteroatoms. The number of anilines is 2. The molecule has 158 valence electrons. The molecule has 0 unspecified atom stereocenters. The molecule has 1 fully saturated rings. The molecule has 2 amide bonds. The fraction of sp³-hybridized carbons (Fsp3) is 0.348. The van der Waals surface area contributed by atoms with Crippen LogP contribution in [0.25, 0.3) is 0 Å². The average Bonchev–Trinajstić information content (AvgIpc) is 3.20. The minimum absolute atomic E-state index is 0.186. The molecule has 1 aliphatic carbocycles. The Kier molecular flexibility index (Phi) is 6.50. The third-order valence-corrected chi connectivity index (χ3v) is 5.37. The summed E-state index contributed by atoms with van der Waals surface area (Å²) in [5.74, 6) is -1.47. The maximum Gasteiger partial charge on any atom is 0.317 e. The minimum atomic E-state index is -0.995. The molecule has 0 saturated heterocycles. The maximum atomic E-state index is 13.3. The van der Waals surface area contributed by atoms with E-state index in [1.165, 1.54) is 26.0 Å². The molecule has 1 atom stereocenters. The largest absolute Gasteiger partial charge is 0.452 e. The van der Waals surface area contributed by atoms with E-state index in [9.17, 15) is 18.8 Å². The van der Waals surface area contributed by atoms with Gasteiger partial charge in [-0.25, -0.2) is 4.39 Å². The molecule has 2 N–H and O–H groups in total. The van der Waals surface area contributed by atoms with E-state index in [-0.39, 0.29) is 11.7 Å². The number of amides is 2. The van der Waals surface area contributed by atoms with E-state index in [1.807, 2.05) is 0 Å². The van der Waals surface area contributed by atoms with Gasteiger partial charge in [-0.1, -0.05) is 25.0 Å². The average molecular weight is 412 g/mol. The molecule has 1 aliphatic rings. The van der Waals surface area contributed by atoms with Crippen molar-refractivity contribution >= 4 is 29.2 Å². The van der Waals surface area contributed by atoms with Gasteiger partial charge in [-0.2, -0.15) is 0 Å². The molecular weight excluding hydrogens is 387 g/mol. The maximum absolute atomic E-state index is 13.3. The molecule has 6 nitrogen and oxygen atoms in total. The second kappa shape index (κ2) is 9.07. The van der Waals surface area contributed by atoms with Gasteiger partial charge < -0.3 is 15.4 Å². The van der Waals surface area contributed by atoms with Gasteiger partial charge in [0, 0.05) is 18.3 Å². The van der Waals surface area contributed by atoms with Gasteiger partial charge in [-0.05, 0) is 61.7 Å². The monoisotopic (exact) mass is 412 g/mol. The predicted octanol–water partition coefficient (Wildman–Crippen LogP) is 4.17. The quantitative estimate of drug-likeness (QED) is 0.698. The molecule has 2 aromatic rings. The molecule has 3 rings (SSSR count). The Labute approximate surface area is 174 Å². The lowest BCUT2D eigenvalue weighted by Gasteiger charge is -2.28. The molecule has 30 heavy (non-hydrogen) atoms. The van der Waals surface area contributed by atoms with E-state index >= 15 is 0 Å². The standard InChI is InChI=1S/C23H25FN2O4/c1-15(21(28)26-20-11-9-19(10-12-20)25-16(2)27)30-22(29)23(13-3-4-14-23)17-5-7-18(24)8-6-17/h5-12,15H,3-4,13-14H2,1-2H3,(H,25,27)(H,26,28)/t15-/m0/s1. The summed E-state index contributed by atoms with van der Waals surface area (Å²) in [6.45, 7) is 2.93. The van der Waals surface area contributed by atoms with Crippen molar-refractivity contribution in [2.45, 2.75) is 51.0 Å². The van der Waals surface area contributed by atoms with Gasteiger partial charge in [0.2, 0.25) is 5.91 Å². The van der Waals surface area contributed by atoms with Crippen LogP contribution in [0.15, 0.2) is 48.5 Å². The van der Waals surface area contributed by atoms with Crippen molar-refractivity contribution in [3.8, 4) is 0 Å². The van der Waals surface area contributed by atoms with Crippen LogP contribution in [0, 0.1) is 5.82 Å². The van der Waals surface area contributed by atoms with Crippen molar-refractivity contribution in [1.82, 2.24) is 0 Å². The summed E-state index contributed by atoms with van der Waals surface area (Å²) in [7, 11) is 0. The molecule has 2 aromatic carbocycles. The van der Waals surface area contributed by atoms with Gasteiger partial charge in [0.05, 0.1) is 5.41 Å². The predicted molar refractivity (Wildman–Crippen MR) is 111 cm³/mol. The van der Waals surface area contributed by atoms with E-state index in [0.29, 0.717) is 29.8 Å². The lowest BCUT2D eigenvalue weighted by molar-refractivity contribution is -0.159. The van der Waals surface area contributed by atoms with Crippen LogP contribution in [0.3, 0.4) is 0 Å². The Bertz CT molecular complexity index is 919. The Morgan fingerprint density at radius 3 is 2.00 bits per heavy atom. The van der Waals surface area contributed by atoms with Crippen molar-refractivity contribution in [3.05, 3.63) is 59.9 Å². The van der Waals surface area contributed by atoms with Gasteiger partial charge in [0.1, 0.15) is 5.82 Å². The zero-order chi connectivity index (χ0) is 21.7. The van der Waals surface area contributed by atoms with E-state index < -0.39 is 23.4 Å². The summed E-state index contributed by atoms with van der Waals surface area (Å²) < 4.78 is 18.9. The Morgan fingerprint density at radius 1 is 0.933 bits per heavy atom. The fourth-order valence-corrected chi connectivity index (χ4v) is 3.77. The molecule has 0 spiro atoms. The number of ether oxygens (including phenoxy) is 1. The summed E-state index contributed by atoms with van der Waals surface area (Å²) in [5.41, 5.74) is 1.00. The number of benzene rings is 2. The molecule has 0 radical (unpaired) electrons. The molecule has 0 aliphatic heterocycles. The first kappa shape index (κ1) is 21.5. The van der Waals surface area contributed by atoms with E-state index in [4.69, 9.17) is 4.74 Å². The van der Waals surface area contributed by atoms with Crippen LogP contribution in [-0.4, -0.2) is 23.9 Å². The number of carbonyl (C=O) groups excluding carboxylic acids is 3. The highest BCUT2D eigenvalue weighted by Crippen LogP contribution is 2.42. The number of hydrogen-bond donors (Lipinski definition) is 2. The van der Waals surface area contributed by atoms with Crippen molar-refractivity contribution in [2.75, 3.05) is 10.6 Å². The van der Waals surface area contributed by atoms with Gasteiger partial charge >= 0.3 is 5.97 Å². The first-order valence-corrected chi connectivity index (χ1v) is 9.96. The van der Waals surface area contributed by atoms with E-state index in [1.54, 1.807) is 36.4 Å². The summed E-state index contributed by atoms with van der Waals surface area (Å²) in [6, 6.07) is 12.5. The third-order valence-electron chi connectivity index (χ3n) is 5.37. The second-order valence-corrected chi connectivity index (χ2v) is 7.59. The highest BCUT2D eigenvalue weighted by atomic mass is 19.1. The van der Waals surface area contributed by atoms with Crippen molar-refractivity contribution < 1.29 is 23.5 Å². The Balaban J connectivity index is 1.65. The summed E-state index contributed by atoms with van der Waals surface area (Å²) in [4.78, 5) is 36.6. The number of esters is 1. The zero-order valence-electron chi connectivity index (χ0n) is 17.0.